The highest BCUT2D eigenvalue weighted by Crippen LogP contribution is 2.20. The highest BCUT2D eigenvalue weighted by Gasteiger charge is 2.36. The molecule has 0 unspecified atom stereocenters. The van der Waals surface area contributed by atoms with Crippen LogP contribution in [0.1, 0.15) is 19.4 Å². The van der Waals surface area contributed by atoms with Crippen molar-refractivity contribution in [2.24, 2.45) is 5.41 Å². The standard InChI is InChI=1S/C19H19F3N2O2/c1-19(2,18(26)24-13-7-8-15(21)16(22)11-13)17(25)23-10-9-12-5-3-4-6-14(12)20/h3-8,11H,9-10H2,1-2H3,(H,23,25)(H,24,26). The Morgan fingerprint density at radius 3 is 2.27 bits per heavy atom. The Hall–Kier alpha value is -2.83. The molecule has 2 N–H and O–H groups in total. The maximum atomic E-state index is 13.5. The van der Waals surface area contributed by atoms with Gasteiger partial charge < -0.3 is 10.6 Å². The molecule has 0 spiro atoms. The third-order valence-electron chi connectivity index (χ3n) is 3.95. The van der Waals surface area contributed by atoms with Crippen LogP contribution in [0.2, 0.25) is 0 Å². The number of amides is 2. The summed E-state index contributed by atoms with van der Waals surface area (Å²) in [5, 5.41) is 4.97. The number of rotatable bonds is 6. The molecular formula is C19H19F3N2O2. The van der Waals surface area contributed by atoms with Crippen LogP contribution in [0.5, 0.6) is 0 Å². The van der Waals surface area contributed by atoms with Gasteiger partial charge in [-0.3, -0.25) is 9.59 Å². The molecule has 2 aromatic carbocycles. The number of carbonyl (C=O) groups excluding carboxylic acids is 2. The summed E-state index contributed by atoms with van der Waals surface area (Å²) in [5.74, 6) is -3.74. The molecule has 2 amide bonds. The molecule has 2 rings (SSSR count). The molecule has 26 heavy (non-hydrogen) atoms. The number of anilines is 1. The van der Waals surface area contributed by atoms with Crippen molar-refractivity contribution in [3.05, 3.63) is 65.5 Å². The lowest BCUT2D eigenvalue weighted by Gasteiger charge is -2.22. The third-order valence-corrected chi connectivity index (χ3v) is 3.95. The lowest BCUT2D eigenvalue weighted by molar-refractivity contribution is -0.138. The van der Waals surface area contributed by atoms with Gasteiger partial charge in [0.2, 0.25) is 11.8 Å². The van der Waals surface area contributed by atoms with E-state index in [9.17, 15) is 22.8 Å². The Bertz CT molecular complexity index is 822. The molecule has 0 fully saturated rings. The van der Waals surface area contributed by atoms with Crippen molar-refractivity contribution in [1.82, 2.24) is 5.32 Å². The van der Waals surface area contributed by atoms with Crippen LogP contribution in [0.4, 0.5) is 18.9 Å². The van der Waals surface area contributed by atoms with Crippen molar-refractivity contribution in [2.45, 2.75) is 20.3 Å². The number of carbonyl (C=O) groups is 2. The zero-order valence-electron chi connectivity index (χ0n) is 14.4. The van der Waals surface area contributed by atoms with Crippen molar-refractivity contribution < 1.29 is 22.8 Å². The summed E-state index contributed by atoms with van der Waals surface area (Å²) in [4.78, 5) is 24.6. The smallest absolute Gasteiger partial charge is 0.239 e. The zero-order chi connectivity index (χ0) is 19.3. The fraction of sp³-hybridized carbons (Fsp3) is 0.263. The maximum Gasteiger partial charge on any atom is 0.239 e. The van der Waals surface area contributed by atoms with Crippen LogP contribution in [0.15, 0.2) is 42.5 Å². The van der Waals surface area contributed by atoms with Crippen LogP contribution in [0.3, 0.4) is 0 Å². The van der Waals surface area contributed by atoms with Gasteiger partial charge in [0, 0.05) is 18.3 Å². The van der Waals surface area contributed by atoms with E-state index in [1.807, 2.05) is 0 Å². The normalized spacial score (nSPS) is 11.1. The second kappa shape index (κ2) is 8.03. The van der Waals surface area contributed by atoms with Crippen molar-refractivity contribution in [3.8, 4) is 0 Å². The highest BCUT2D eigenvalue weighted by molar-refractivity contribution is 6.09. The molecule has 0 aromatic heterocycles. The van der Waals surface area contributed by atoms with Gasteiger partial charge in [0.1, 0.15) is 11.2 Å². The minimum absolute atomic E-state index is 0.0427. The SMILES string of the molecule is CC(C)(C(=O)NCCc1ccccc1F)C(=O)Nc1ccc(F)c(F)c1. The molecule has 0 aliphatic rings. The molecule has 7 heteroatoms. The first-order valence-electron chi connectivity index (χ1n) is 8.00. The van der Waals surface area contributed by atoms with Gasteiger partial charge in [0.05, 0.1) is 0 Å². The van der Waals surface area contributed by atoms with Gasteiger partial charge in [0.15, 0.2) is 11.6 Å². The van der Waals surface area contributed by atoms with Crippen LogP contribution in [0, 0.1) is 22.9 Å². The van der Waals surface area contributed by atoms with E-state index in [2.05, 4.69) is 10.6 Å². The predicted molar refractivity (Wildman–Crippen MR) is 91.9 cm³/mol. The number of hydrogen-bond acceptors (Lipinski definition) is 2. The lowest BCUT2D eigenvalue weighted by Crippen LogP contribution is -2.45. The topological polar surface area (TPSA) is 58.2 Å². The van der Waals surface area contributed by atoms with Gasteiger partial charge in [-0.05, 0) is 44.0 Å². The Morgan fingerprint density at radius 2 is 1.62 bits per heavy atom. The molecule has 0 atom stereocenters. The molecule has 0 saturated heterocycles. The molecule has 138 valence electrons. The summed E-state index contributed by atoms with van der Waals surface area (Å²) in [6.45, 7) is 2.96. The second-order valence-electron chi connectivity index (χ2n) is 6.31. The number of hydrogen-bond donors (Lipinski definition) is 2. The lowest BCUT2D eigenvalue weighted by atomic mass is 9.90. The van der Waals surface area contributed by atoms with E-state index < -0.39 is 28.9 Å². The maximum absolute atomic E-state index is 13.5. The third kappa shape index (κ3) is 4.62. The minimum atomic E-state index is -1.46. The average molecular weight is 364 g/mol. The van der Waals surface area contributed by atoms with E-state index in [1.165, 1.54) is 26.0 Å². The molecule has 4 nitrogen and oxygen atoms in total. The summed E-state index contributed by atoms with van der Waals surface area (Å²) in [6.07, 6.45) is 0.277. The fourth-order valence-electron chi connectivity index (χ4n) is 2.20. The molecule has 0 aliphatic carbocycles. The van der Waals surface area contributed by atoms with Gasteiger partial charge >= 0.3 is 0 Å². The summed E-state index contributed by atoms with van der Waals surface area (Å²) >= 11 is 0. The molecule has 2 aromatic rings. The van der Waals surface area contributed by atoms with Gasteiger partial charge in [-0.1, -0.05) is 18.2 Å². The van der Waals surface area contributed by atoms with Gasteiger partial charge in [-0.25, -0.2) is 13.2 Å². The number of benzene rings is 2. The van der Waals surface area contributed by atoms with Crippen LogP contribution in [0.25, 0.3) is 0 Å². The first kappa shape index (κ1) is 19.5. The van der Waals surface area contributed by atoms with Crippen molar-refractivity contribution in [2.75, 3.05) is 11.9 Å². The number of halogens is 3. The largest absolute Gasteiger partial charge is 0.355 e. The van der Waals surface area contributed by atoms with E-state index in [0.717, 1.165) is 12.1 Å². The quantitative estimate of drug-likeness (QED) is 0.772. The summed E-state index contributed by atoms with van der Waals surface area (Å²) < 4.78 is 39.7. The van der Waals surface area contributed by atoms with E-state index >= 15 is 0 Å². The molecular weight excluding hydrogens is 345 g/mol. The first-order chi connectivity index (χ1) is 12.2. The molecule has 0 radical (unpaired) electrons. The summed E-state index contributed by atoms with van der Waals surface area (Å²) in [5.41, 5.74) is -0.960. The van der Waals surface area contributed by atoms with Crippen LogP contribution in [-0.2, 0) is 16.0 Å². The Balaban J connectivity index is 1.94. The van der Waals surface area contributed by atoms with Gasteiger partial charge in [-0.15, -0.1) is 0 Å². The van der Waals surface area contributed by atoms with E-state index in [0.29, 0.717) is 5.56 Å². The van der Waals surface area contributed by atoms with Crippen LogP contribution in [-0.4, -0.2) is 18.4 Å². The Kier molecular flexibility index (Phi) is 6.02. The van der Waals surface area contributed by atoms with Gasteiger partial charge in [0.25, 0.3) is 0 Å². The molecule has 0 saturated carbocycles. The van der Waals surface area contributed by atoms with E-state index in [-0.39, 0.29) is 24.5 Å². The summed E-state index contributed by atoms with van der Waals surface area (Å²) in [7, 11) is 0. The minimum Gasteiger partial charge on any atom is -0.355 e. The van der Waals surface area contributed by atoms with Crippen molar-refractivity contribution in [3.63, 3.8) is 0 Å². The summed E-state index contributed by atoms with van der Waals surface area (Å²) in [6, 6.07) is 9.12. The van der Waals surface area contributed by atoms with Crippen LogP contribution >= 0.6 is 0 Å². The van der Waals surface area contributed by atoms with Crippen LogP contribution < -0.4 is 10.6 Å². The Labute approximate surface area is 149 Å². The highest BCUT2D eigenvalue weighted by atomic mass is 19.2. The molecule has 0 heterocycles. The Morgan fingerprint density at radius 1 is 0.923 bits per heavy atom. The monoisotopic (exact) mass is 364 g/mol. The fourth-order valence-corrected chi connectivity index (χ4v) is 2.20. The van der Waals surface area contributed by atoms with Crippen molar-refractivity contribution >= 4 is 17.5 Å². The molecule has 0 aliphatic heterocycles. The first-order valence-corrected chi connectivity index (χ1v) is 8.00. The average Bonchev–Trinajstić information content (AvgIpc) is 2.59. The molecule has 0 bridgehead atoms. The predicted octanol–water partition coefficient (Wildman–Crippen LogP) is 3.43. The van der Waals surface area contributed by atoms with E-state index in [1.54, 1.807) is 18.2 Å². The van der Waals surface area contributed by atoms with Crippen molar-refractivity contribution in [1.29, 1.82) is 0 Å². The second-order valence-corrected chi connectivity index (χ2v) is 6.31. The number of nitrogens with one attached hydrogen (secondary N) is 2. The van der Waals surface area contributed by atoms with E-state index in [4.69, 9.17) is 0 Å². The zero-order valence-corrected chi connectivity index (χ0v) is 14.4. The van der Waals surface area contributed by atoms with Gasteiger partial charge in [-0.2, -0.15) is 0 Å².